The summed E-state index contributed by atoms with van der Waals surface area (Å²) in [7, 11) is -3.72. The van der Waals surface area contributed by atoms with Crippen molar-refractivity contribution < 1.29 is 17.9 Å². The van der Waals surface area contributed by atoms with E-state index in [9.17, 15) is 18.5 Å². The number of urea groups is 1. The Kier molecular flexibility index (Phi) is 6.04. The molecule has 0 unspecified atom stereocenters. The summed E-state index contributed by atoms with van der Waals surface area (Å²) in [6, 6.07) is 12.4. The van der Waals surface area contributed by atoms with Gasteiger partial charge >= 0.3 is 6.03 Å². The SMILES string of the molecule is N#Cc1c(Cl)cccc1Oc1ccc(S(=O)(=O)NCCN2CCNC2=O)cc1. The van der Waals surface area contributed by atoms with Gasteiger partial charge in [-0.1, -0.05) is 17.7 Å². The van der Waals surface area contributed by atoms with Gasteiger partial charge in [-0.3, -0.25) is 0 Å². The van der Waals surface area contributed by atoms with Gasteiger partial charge in [0.15, 0.2) is 0 Å². The Balaban J connectivity index is 1.64. The first-order valence-electron chi connectivity index (χ1n) is 8.40. The van der Waals surface area contributed by atoms with Crippen molar-refractivity contribution in [3.05, 3.63) is 53.1 Å². The van der Waals surface area contributed by atoms with Crippen LogP contribution in [0.1, 0.15) is 5.56 Å². The summed E-state index contributed by atoms with van der Waals surface area (Å²) in [5.41, 5.74) is 0.202. The number of halogens is 1. The Morgan fingerprint density at radius 2 is 2.00 bits per heavy atom. The van der Waals surface area contributed by atoms with Gasteiger partial charge in [0.1, 0.15) is 23.1 Å². The first kappa shape index (κ1) is 19.9. The van der Waals surface area contributed by atoms with Crippen molar-refractivity contribution in [2.24, 2.45) is 0 Å². The number of carbonyl (C=O) groups excluding carboxylic acids is 1. The number of nitrogens with one attached hydrogen (secondary N) is 2. The Morgan fingerprint density at radius 3 is 2.64 bits per heavy atom. The van der Waals surface area contributed by atoms with E-state index < -0.39 is 10.0 Å². The van der Waals surface area contributed by atoms with Gasteiger partial charge in [-0.05, 0) is 36.4 Å². The molecule has 2 aromatic rings. The van der Waals surface area contributed by atoms with E-state index in [2.05, 4.69) is 10.0 Å². The largest absolute Gasteiger partial charge is 0.456 e. The molecule has 28 heavy (non-hydrogen) atoms. The summed E-state index contributed by atoms with van der Waals surface area (Å²) in [4.78, 5) is 13.1. The van der Waals surface area contributed by atoms with Crippen molar-refractivity contribution in [1.29, 1.82) is 5.26 Å². The van der Waals surface area contributed by atoms with Gasteiger partial charge in [0.05, 0.1) is 9.92 Å². The number of nitrogens with zero attached hydrogens (tertiary/aromatic N) is 2. The van der Waals surface area contributed by atoms with Gasteiger partial charge in [0.25, 0.3) is 0 Å². The number of benzene rings is 2. The van der Waals surface area contributed by atoms with Crippen LogP contribution >= 0.6 is 11.6 Å². The zero-order valence-corrected chi connectivity index (χ0v) is 16.3. The topological polar surface area (TPSA) is 112 Å². The molecule has 8 nitrogen and oxygen atoms in total. The number of hydrogen-bond donors (Lipinski definition) is 2. The number of sulfonamides is 1. The second-order valence-electron chi connectivity index (χ2n) is 5.91. The third-order valence-corrected chi connectivity index (χ3v) is 5.86. The van der Waals surface area contributed by atoms with Gasteiger partial charge in [-0.25, -0.2) is 17.9 Å². The van der Waals surface area contributed by atoms with Crippen molar-refractivity contribution in [1.82, 2.24) is 14.9 Å². The molecule has 1 heterocycles. The lowest BCUT2D eigenvalue weighted by Crippen LogP contribution is -2.36. The van der Waals surface area contributed by atoms with Crippen molar-refractivity contribution in [3.8, 4) is 17.6 Å². The lowest BCUT2D eigenvalue weighted by atomic mass is 10.2. The van der Waals surface area contributed by atoms with Crippen LogP contribution < -0.4 is 14.8 Å². The first-order valence-corrected chi connectivity index (χ1v) is 10.3. The van der Waals surface area contributed by atoms with E-state index in [1.807, 2.05) is 6.07 Å². The van der Waals surface area contributed by atoms with E-state index in [1.165, 1.54) is 29.2 Å². The molecule has 0 atom stereocenters. The van der Waals surface area contributed by atoms with Gasteiger partial charge in [0, 0.05) is 26.2 Å². The highest BCUT2D eigenvalue weighted by molar-refractivity contribution is 7.89. The van der Waals surface area contributed by atoms with Crippen LogP contribution in [-0.4, -0.2) is 45.5 Å². The number of nitriles is 1. The molecule has 3 rings (SSSR count). The van der Waals surface area contributed by atoms with Crippen molar-refractivity contribution in [3.63, 3.8) is 0 Å². The van der Waals surface area contributed by atoms with Crippen LogP contribution in [0.25, 0.3) is 0 Å². The maximum atomic E-state index is 12.4. The summed E-state index contributed by atoms with van der Waals surface area (Å²) in [6.45, 7) is 1.52. The maximum absolute atomic E-state index is 12.4. The average molecular weight is 421 g/mol. The molecule has 2 N–H and O–H groups in total. The molecule has 2 amide bonds. The monoisotopic (exact) mass is 420 g/mol. The van der Waals surface area contributed by atoms with E-state index in [1.54, 1.807) is 18.2 Å². The number of ether oxygens (including phenoxy) is 1. The van der Waals surface area contributed by atoms with Gasteiger partial charge in [-0.15, -0.1) is 0 Å². The molecular formula is C18H17ClN4O4S. The summed E-state index contributed by atoms with van der Waals surface area (Å²) in [6.07, 6.45) is 0. The minimum atomic E-state index is -3.72. The summed E-state index contributed by atoms with van der Waals surface area (Å²) < 4.78 is 32.8. The summed E-state index contributed by atoms with van der Waals surface area (Å²) in [5, 5.41) is 12.1. The zero-order valence-electron chi connectivity index (χ0n) is 14.7. The zero-order chi connectivity index (χ0) is 20.1. The predicted octanol–water partition coefficient (Wildman–Crippen LogP) is 2.31. The molecule has 146 valence electrons. The Labute approximate surface area is 167 Å². The Hall–Kier alpha value is -2.80. The van der Waals surface area contributed by atoms with Crippen LogP contribution in [0.15, 0.2) is 47.4 Å². The molecule has 0 aromatic heterocycles. The van der Waals surface area contributed by atoms with E-state index in [-0.39, 0.29) is 40.4 Å². The second kappa shape index (κ2) is 8.48. The molecule has 0 bridgehead atoms. The smallest absolute Gasteiger partial charge is 0.317 e. The molecule has 1 aliphatic rings. The lowest BCUT2D eigenvalue weighted by Gasteiger charge is -2.14. The van der Waals surface area contributed by atoms with Crippen molar-refractivity contribution in [2.45, 2.75) is 4.90 Å². The third kappa shape index (κ3) is 4.54. The molecule has 0 saturated carbocycles. The maximum Gasteiger partial charge on any atom is 0.317 e. The van der Waals surface area contributed by atoms with Gasteiger partial charge < -0.3 is 15.0 Å². The quantitative estimate of drug-likeness (QED) is 0.713. The molecule has 2 aromatic carbocycles. The van der Waals surface area contributed by atoms with Gasteiger partial charge in [0.2, 0.25) is 10.0 Å². The minimum absolute atomic E-state index is 0.0670. The molecule has 1 saturated heterocycles. The normalized spacial score (nSPS) is 13.9. The number of rotatable bonds is 7. The Morgan fingerprint density at radius 1 is 1.25 bits per heavy atom. The molecule has 1 fully saturated rings. The van der Waals surface area contributed by atoms with Crippen LogP contribution in [0, 0.1) is 11.3 Å². The number of carbonyl (C=O) groups is 1. The number of amides is 2. The van der Waals surface area contributed by atoms with Crippen LogP contribution in [0.5, 0.6) is 11.5 Å². The fraction of sp³-hybridized carbons (Fsp3) is 0.222. The van der Waals surface area contributed by atoms with Crippen molar-refractivity contribution >= 4 is 27.7 Å². The van der Waals surface area contributed by atoms with Crippen LogP contribution in [0.3, 0.4) is 0 Å². The highest BCUT2D eigenvalue weighted by Crippen LogP contribution is 2.30. The molecule has 1 aliphatic heterocycles. The first-order chi connectivity index (χ1) is 13.4. The van der Waals surface area contributed by atoms with Gasteiger partial charge in [-0.2, -0.15) is 5.26 Å². The van der Waals surface area contributed by atoms with E-state index in [0.717, 1.165) is 0 Å². The molecule has 0 radical (unpaired) electrons. The summed E-state index contributed by atoms with van der Waals surface area (Å²) >= 11 is 5.97. The summed E-state index contributed by atoms with van der Waals surface area (Å²) in [5.74, 6) is 0.652. The van der Waals surface area contributed by atoms with Crippen LogP contribution in [0.2, 0.25) is 5.02 Å². The molecule has 0 aliphatic carbocycles. The Bertz CT molecular complexity index is 1020. The predicted molar refractivity (Wildman–Crippen MR) is 103 cm³/mol. The highest BCUT2D eigenvalue weighted by Gasteiger charge is 2.20. The second-order valence-corrected chi connectivity index (χ2v) is 8.09. The third-order valence-electron chi connectivity index (χ3n) is 4.07. The van der Waals surface area contributed by atoms with Crippen LogP contribution in [-0.2, 0) is 10.0 Å². The van der Waals surface area contributed by atoms with Crippen molar-refractivity contribution in [2.75, 3.05) is 26.2 Å². The average Bonchev–Trinajstić information content (AvgIpc) is 3.07. The van der Waals surface area contributed by atoms with E-state index in [0.29, 0.717) is 18.8 Å². The molecular weight excluding hydrogens is 404 g/mol. The standard InChI is InChI=1S/C18H17ClN4O4S/c19-16-2-1-3-17(15(16)12-20)27-13-4-6-14(7-5-13)28(25,26)22-9-11-23-10-8-21-18(23)24/h1-7,22H,8-11H2,(H,21,24). The van der Waals surface area contributed by atoms with E-state index >= 15 is 0 Å². The fourth-order valence-electron chi connectivity index (χ4n) is 2.63. The lowest BCUT2D eigenvalue weighted by molar-refractivity contribution is 0.218. The van der Waals surface area contributed by atoms with Crippen LogP contribution in [0.4, 0.5) is 4.79 Å². The van der Waals surface area contributed by atoms with E-state index in [4.69, 9.17) is 16.3 Å². The molecule has 10 heteroatoms. The number of hydrogen-bond acceptors (Lipinski definition) is 5. The fourth-order valence-corrected chi connectivity index (χ4v) is 3.86. The minimum Gasteiger partial charge on any atom is -0.456 e. The molecule has 0 spiro atoms. The highest BCUT2D eigenvalue weighted by atomic mass is 35.5.